The second-order valence-electron chi connectivity index (χ2n) is 7.64. The third-order valence-electron chi connectivity index (χ3n) is 5.32. The topological polar surface area (TPSA) is 80.4 Å². The Kier molecular flexibility index (Phi) is 7.07. The van der Waals surface area contributed by atoms with Crippen molar-refractivity contribution in [3.8, 4) is 34.0 Å². The summed E-state index contributed by atoms with van der Waals surface area (Å²) in [7, 11) is 1.70. The molecule has 164 valence electrons. The van der Waals surface area contributed by atoms with Crippen LogP contribution in [0.4, 0.5) is 0 Å². The second-order valence-corrected chi connectivity index (χ2v) is 7.64. The van der Waals surface area contributed by atoms with E-state index in [-0.39, 0.29) is 6.61 Å². The molecule has 2 N–H and O–H groups in total. The minimum atomic E-state index is 0.113. The maximum Gasteiger partial charge on any atom is 0.258 e. The average Bonchev–Trinajstić information content (AvgIpc) is 3.31. The first kappa shape index (κ1) is 21.9. The zero-order chi connectivity index (χ0) is 22.3. The highest BCUT2D eigenvalue weighted by Crippen LogP contribution is 2.31. The van der Waals surface area contributed by atoms with Gasteiger partial charge in [0, 0.05) is 31.3 Å². The first-order valence-corrected chi connectivity index (χ1v) is 10.6. The predicted octanol–water partition coefficient (Wildman–Crippen LogP) is 4.61. The number of aliphatic hydroxyl groups excluding tert-OH is 1. The van der Waals surface area contributed by atoms with Crippen LogP contribution in [0.5, 0.6) is 0 Å². The molecule has 4 aromatic rings. The van der Waals surface area contributed by atoms with E-state index in [1.807, 2.05) is 42.5 Å². The predicted molar refractivity (Wildman–Crippen MR) is 125 cm³/mol. The zero-order valence-corrected chi connectivity index (χ0v) is 18.3. The largest absolute Gasteiger partial charge is 0.395 e. The molecule has 0 spiro atoms. The van der Waals surface area contributed by atoms with Crippen LogP contribution in [-0.4, -0.2) is 35.5 Å². The first-order chi connectivity index (χ1) is 15.7. The van der Waals surface area contributed by atoms with Crippen LogP contribution in [0, 0.1) is 6.92 Å². The summed E-state index contributed by atoms with van der Waals surface area (Å²) in [6.07, 6.45) is 0. The number of nitrogens with one attached hydrogen (secondary N) is 1. The highest BCUT2D eigenvalue weighted by molar-refractivity contribution is 5.74. The van der Waals surface area contributed by atoms with Crippen molar-refractivity contribution >= 4 is 0 Å². The molecule has 0 saturated carbocycles. The number of rotatable bonds is 9. The van der Waals surface area contributed by atoms with Crippen LogP contribution in [0.15, 0.2) is 71.3 Å². The average molecular weight is 430 g/mol. The summed E-state index contributed by atoms with van der Waals surface area (Å²) in [5.41, 5.74) is 7.43. The van der Waals surface area contributed by atoms with Gasteiger partial charge >= 0.3 is 0 Å². The molecule has 32 heavy (non-hydrogen) atoms. The smallest absolute Gasteiger partial charge is 0.258 e. The number of aromatic nitrogens is 2. The van der Waals surface area contributed by atoms with Gasteiger partial charge < -0.3 is 19.7 Å². The molecular formula is C26H27N3O3. The van der Waals surface area contributed by atoms with E-state index < -0.39 is 0 Å². The third-order valence-corrected chi connectivity index (χ3v) is 5.32. The molecule has 0 bridgehead atoms. The lowest BCUT2D eigenvalue weighted by molar-refractivity contribution is 0.185. The summed E-state index contributed by atoms with van der Waals surface area (Å²) >= 11 is 0. The van der Waals surface area contributed by atoms with E-state index in [1.165, 1.54) is 11.1 Å². The van der Waals surface area contributed by atoms with Crippen molar-refractivity contribution in [1.29, 1.82) is 0 Å². The van der Waals surface area contributed by atoms with E-state index in [0.29, 0.717) is 31.4 Å². The molecule has 4 rings (SSSR count). The lowest BCUT2D eigenvalue weighted by atomic mass is 9.94. The Morgan fingerprint density at radius 1 is 0.969 bits per heavy atom. The molecule has 0 fully saturated rings. The first-order valence-electron chi connectivity index (χ1n) is 10.6. The van der Waals surface area contributed by atoms with Crippen LogP contribution in [-0.2, 0) is 17.9 Å². The molecule has 0 radical (unpaired) electrons. The molecule has 0 saturated heterocycles. The van der Waals surface area contributed by atoms with E-state index in [1.54, 1.807) is 7.11 Å². The van der Waals surface area contributed by atoms with Crippen molar-refractivity contribution in [3.05, 3.63) is 83.4 Å². The standard InChI is InChI=1S/C26H27N3O3/c1-18-6-3-4-9-23(18)24-11-10-21(15-22(24)17-31-2)26-28-25(29-32-26)20-8-5-7-19(14-20)16-27-12-13-30/h3-11,14-15,27,30H,12-13,16-17H2,1-2H3. The fourth-order valence-corrected chi connectivity index (χ4v) is 3.73. The summed E-state index contributed by atoms with van der Waals surface area (Å²) < 4.78 is 11.1. The van der Waals surface area contributed by atoms with Crippen molar-refractivity contribution in [2.75, 3.05) is 20.3 Å². The molecule has 3 aromatic carbocycles. The van der Waals surface area contributed by atoms with Gasteiger partial charge in [0.05, 0.1) is 13.2 Å². The maximum atomic E-state index is 8.93. The Hall–Kier alpha value is -3.32. The highest BCUT2D eigenvalue weighted by Gasteiger charge is 2.14. The molecule has 1 aromatic heterocycles. The van der Waals surface area contributed by atoms with Gasteiger partial charge in [-0.3, -0.25) is 0 Å². The monoisotopic (exact) mass is 429 g/mol. The minimum absolute atomic E-state index is 0.113. The highest BCUT2D eigenvalue weighted by atomic mass is 16.5. The van der Waals surface area contributed by atoms with Gasteiger partial charge in [-0.15, -0.1) is 0 Å². The quantitative estimate of drug-likeness (QED) is 0.378. The molecule has 0 unspecified atom stereocenters. The van der Waals surface area contributed by atoms with Crippen LogP contribution in [0.2, 0.25) is 0 Å². The van der Waals surface area contributed by atoms with Crippen LogP contribution in [0.3, 0.4) is 0 Å². The number of hydrogen-bond donors (Lipinski definition) is 2. The van der Waals surface area contributed by atoms with Crippen molar-refractivity contribution in [3.63, 3.8) is 0 Å². The minimum Gasteiger partial charge on any atom is -0.395 e. The SMILES string of the molecule is COCc1cc(-c2nc(-c3cccc(CNCCO)c3)no2)ccc1-c1ccccc1C. The number of methoxy groups -OCH3 is 1. The lowest BCUT2D eigenvalue weighted by Gasteiger charge is -2.12. The molecule has 0 aliphatic rings. The van der Waals surface area contributed by atoms with Crippen molar-refractivity contribution in [1.82, 2.24) is 15.5 Å². The summed E-state index contributed by atoms with van der Waals surface area (Å²) in [5, 5.41) is 16.3. The molecule has 0 atom stereocenters. The molecule has 6 heteroatoms. The Morgan fingerprint density at radius 2 is 1.84 bits per heavy atom. The van der Waals surface area contributed by atoms with Gasteiger partial charge in [0.1, 0.15) is 0 Å². The number of aryl methyl sites for hydroxylation is 1. The van der Waals surface area contributed by atoms with Crippen LogP contribution < -0.4 is 5.32 Å². The van der Waals surface area contributed by atoms with E-state index in [0.717, 1.165) is 27.8 Å². The third kappa shape index (κ3) is 4.94. The van der Waals surface area contributed by atoms with Crippen molar-refractivity contribution < 1.29 is 14.4 Å². The Labute approximate surface area is 187 Å². The van der Waals surface area contributed by atoms with Gasteiger partial charge in [-0.25, -0.2) is 0 Å². The van der Waals surface area contributed by atoms with Gasteiger partial charge in [-0.05, 0) is 52.9 Å². The van der Waals surface area contributed by atoms with Crippen LogP contribution >= 0.6 is 0 Å². The molecule has 6 nitrogen and oxygen atoms in total. The number of hydrogen-bond acceptors (Lipinski definition) is 6. The zero-order valence-electron chi connectivity index (χ0n) is 18.3. The fourth-order valence-electron chi connectivity index (χ4n) is 3.73. The van der Waals surface area contributed by atoms with Crippen molar-refractivity contribution in [2.45, 2.75) is 20.1 Å². The summed E-state index contributed by atoms with van der Waals surface area (Å²) in [6.45, 7) is 3.93. The Balaban J connectivity index is 1.62. The van der Waals surface area contributed by atoms with Gasteiger partial charge in [0.25, 0.3) is 5.89 Å². The molecular weight excluding hydrogens is 402 g/mol. The summed E-state index contributed by atoms with van der Waals surface area (Å²) in [5.74, 6) is 1.01. The van der Waals surface area contributed by atoms with E-state index in [9.17, 15) is 0 Å². The number of nitrogens with zero attached hydrogens (tertiary/aromatic N) is 2. The molecule has 1 heterocycles. The molecule has 0 amide bonds. The van der Waals surface area contributed by atoms with E-state index >= 15 is 0 Å². The summed E-state index contributed by atoms with van der Waals surface area (Å²) in [4.78, 5) is 4.63. The fraction of sp³-hybridized carbons (Fsp3) is 0.231. The Morgan fingerprint density at radius 3 is 2.66 bits per heavy atom. The maximum absolute atomic E-state index is 8.93. The lowest BCUT2D eigenvalue weighted by Crippen LogP contribution is -2.17. The number of ether oxygens (including phenoxy) is 1. The Bertz CT molecular complexity index is 1190. The molecule has 0 aliphatic heterocycles. The van der Waals surface area contributed by atoms with Gasteiger partial charge in [-0.1, -0.05) is 53.7 Å². The summed E-state index contributed by atoms with van der Waals surface area (Å²) in [6, 6.07) is 22.4. The van der Waals surface area contributed by atoms with Crippen molar-refractivity contribution in [2.24, 2.45) is 0 Å². The van der Waals surface area contributed by atoms with Gasteiger partial charge in [0.2, 0.25) is 5.82 Å². The van der Waals surface area contributed by atoms with E-state index in [2.05, 4.69) is 46.6 Å². The number of benzene rings is 3. The van der Waals surface area contributed by atoms with E-state index in [4.69, 9.17) is 14.4 Å². The van der Waals surface area contributed by atoms with Gasteiger partial charge in [0.15, 0.2) is 0 Å². The van der Waals surface area contributed by atoms with Crippen LogP contribution in [0.1, 0.15) is 16.7 Å². The second kappa shape index (κ2) is 10.3. The van der Waals surface area contributed by atoms with Crippen LogP contribution in [0.25, 0.3) is 34.0 Å². The van der Waals surface area contributed by atoms with Gasteiger partial charge in [-0.2, -0.15) is 4.98 Å². The molecule has 0 aliphatic carbocycles. The number of aliphatic hydroxyl groups is 1. The normalized spacial score (nSPS) is 11.1.